The quantitative estimate of drug-likeness (QED) is 0.676. The molecule has 0 amide bonds. The predicted octanol–water partition coefficient (Wildman–Crippen LogP) is 2.50. The number of hydrogen-bond donors (Lipinski definition) is 1. The molecule has 68 valence electrons. The summed E-state index contributed by atoms with van der Waals surface area (Å²) in [5, 5.41) is 0. The van der Waals surface area contributed by atoms with E-state index in [0.29, 0.717) is 6.42 Å². The van der Waals surface area contributed by atoms with Crippen molar-refractivity contribution in [2.24, 2.45) is 11.1 Å². The van der Waals surface area contributed by atoms with Gasteiger partial charge in [0.05, 0.1) is 0 Å². The molecule has 2 N–H and O–H groups in total. The molecule has 0 aromatic heterocycles. The molecule has 0 bridgehead atoms. The molecule has 0 aliphatic carbocycles. The minimum atomic E-state index is -1.19. The van der Waals surface area contributed by atoms with Crippen LogP contribution in [0.15, 0.2) is 0 Å². The lowest BCUT2D eigenvalue weighted by atomic mass is 9.75. The molecule has 0 aromatic carbocycles. The van der Waals surface area contributed by atoms with Crippen LogP contribution in [-0.2, 0) is 0 Å². The Balaban J connectivity index is 4.33. The smallest absolute Gasteiger partial charge is 0.128 e. The first-order chi connectivity index (χ1) is 4.87. The lowest BCUT2D eigenvalue weighted by Gasteiger charge is -2.36. The highest BCUT2D eigenvalue weighted by Gasteiger charge is 2.39. The minimum Gasteiger partial charge on any atom is -0.328 e. The Kier molecular flexibility index (Phi) is 3.49. The highest BCUT2D eigenvalue weighted by atomic mass is 19.1. The summed E-state index contributed by atoms with van der Waals surface area (Å²) in [6, 6.07) is 0. The summed E-state index contributed by atoms with van der Waals surface area (Å²) in [7, 11) is 0. The Morgan fingerprint density at radius 3 is 1.82 bits per heavy atom. The summed E-state index contributed by atoms with van der Waals surface area (Å²) in [5.41, 5.74) is 3.88. The Morgan fingerprint density at radius 2 is 1.73 bits per heavy atom. The fraction of sp³-hybridized carbons (Fsp3) is 1.00. The number of hydrogen-bond acceptors (Lipinski definition) is 1. The highest BCUT2D eigenvalue weighted by molar-refractivity contribution is 4.91. The molecule has 0 aliphatic rings. The van der Waals surface area contributed by atoms with Gasteiger partial charge in [0, 0.05) is 6.54 Å². The van der Waals surface area contributed by atoms with Crippen LogP contribution in [0.4, 0.5) is 4.39 Å². The first-order valence-electron chi connectivity index (χ1n) is 4.26. The van der Waals surface area contributed by atoms with E-state index in [4.69, 9.17) is 5.73 Å². The molecule has 0 heterocycles. The van der Waals surface area contributed by atoms with Crippen molar-refractivity contribution >= 4 is 0 Å². The van der Waals surface area contributed by atoms with E-state index in [9.17, 15) is 4.39 Å². The van der Waals surface area contributed by atoms with Gasteiger partial charge in [-0.05, 0) is 11.8 Å². The number of nitrogens with two attached hydrogens (primary N) is 1. The van der Waals surface area contributed by atoms with Gasteiger partial charge in [0.15, 0.2) is 0 Å². The summed E-state index contributed by atoms with van der Waals surface area (Å²) < 4.78 is 13.9. The average molecular weight is 161 g/mol. The van der Waals surface area contributed by atoms with Crippen LogP contribution >= 0.6 is 0 Å². The van der Waals surface area contributed by atoms with Crippen LogP contribution in [0.5, 0.6) is 0 Å². The van der Waals surface area contributed by atoms with Gasteiger partial charge in [-0.15, -0.1) is 0 Å². The average Bonchev–Trinajstić information content (AvgIpc) is 1.86. The fourth-order valence-corrected chi connectivity index (χ4v) is 1.18. The van der Waals surface area contributed by atoms with Crippen molar-refractivity contribution in [2.45, 2.75) is 46.2 Å². The van der Waals surface area contributed by atoms with Gasteiger partial charge in [-0.25, -0.2) is 4.39 Å². The largest absolute Gasteiger partial charge is 0.328 e. The molecule has 1 nitrogen and oxygen atoms in total. The van der Waals surface area contributed by atoms with E-state index in [2.05, 4.69) is 0 Å². The molecule has 0 radical (unpaired) electrons. The summed E-state index contributed by atoms with van der Waals surface area (Å²) in [4.78, 5) is 0. The van der Waals surface area contributed by atoms with Crippen LogP contribution in [0.1, 0.15) is 40.5 Å². The minimum absolute atomic E-state index is 0.129. The molecule has 0 fully saturated rings. The van der Waals surface area contributed by atoms with Crippen molar-refractivity contribution in [3.8, 4) is 0 Å². The van der Waals surface area contributed by atoms with Gasteiger partial charge in [-0.3, -0.25) is 0 Å². The van der Waals surface area contributed by atoms with E-state index in [1.165, 1.54) is 0 Å². The second-order valence-electron chi connectivity index (χ2n) is 4.17. The van der Waals surface area contributed by atoms with Gasteiger partial charge >= 0.3 is 0 Å². The molecule has 0 aromatic rings. The molecule has 1 atom stereocenters. The van der Waals surface area contributed by atoms with E-state index in [-0.39, 0.29) is 12.0 Å². The van der Waals surface area contributed by atoms with E-state index in [1.54, 1.807) is 0 Å². The summed E-state index contributed by atoms with van der Waals surface area (Å²) >= 11 is 0. The molecule has 2 heteroatoms. The Bertz CT molecular complexity index is 117. The maximum absolute atomic E-state index is 13.9. The number of rotatable bonds is 3. The molecule has 0 aliphatic heterocycles. The Labute approximate surface area is 69.2 Å². The third-order valence-electron chi connectivity index (χ3n) is 2.31. The molecular weight excluding hydrogens is 141 g/mol. The van der Waals surface area contributed by atoms with Gasteiger partial charge < -0.3 is 5.73 Å². The summed E-state index contributed by atoms with van der Waals surface area (Å²) in [6.07, 6.45) is 1.41. The van der Waals surface area contributed by atoms with E-state index >= 15 is 0 Å². The zero-order valence-electron chi connectivity index (χ0n) is 8.08. The topological polar surface area (TPSA) is 26.0 Å². The van der Waals surface area contributed by atoms with E-state index < -0.39 is 5.67 Å². The second kappa shape index (κ2) is 3.53. The lowest BCUT2D eigenvalue weighted by Crippen LogP contribution is -2.45. The van der Waals surface area contributed by atoms with Crippen LogP contribution in [-0.4, -0.2) is 12.2 Å². The lowest BCUT2D eigenvalue weighted by molar-refractivity contribution is 0.0286. The Hall–Kier alpha value is -0.110. The second-order valence-corrected chi connectivity index (χ2v) is 4.17. The zero-order chi connectivity index (χ0) is 9.12. The SMILES string of the molecule is CCCC(F)(CN)C(C)(C)C. The number of halogens is 1. The van der Waals surface area contributed by atoms with E-state index in [0.717, 1.165) is 6.42 Å². The van der Waals surface area contributed by atoms with Crippen molar-refractivity contribution in [1.82, 2.24) is 0 Å². The maximum Gasteiger partial charge on any atom is 0.128 e. The molecule has 0 saturated heterocycles. The molecule has 0 spiro atoms. The summed E-state index contributed by atoms with van der Waals surface area (Å²) in [5.74, 6) is 0. The standard InChI is InChI=1S/C9H20FN/c1-5-6-9(10,7-11)8(2,3)4/h5-7,11H2,1-4H3. The van der Waals surface area contributed by atoms with Crippen molar-refractivity contribution in [3.05, 3.63) is 0 Å². The molecule has 0 rings (SSSR count). The predicted molar refractivity (Wildman–Crippen MR) is 47.3 cm³/mol. The van der Waals surface area contributed by atoms with Gasteiger partial charge in [-0.2, -0.15) is 0 Å². The molecule has 0 saturated carbocycles. The first-order valence-corrected chi connectivity index (χ1v) is 4.26. The first kappa shape index (κ1) is 10.9. The normalized spacial score (nSPS) is 18.0. The van der Waals surface area contributed by atoms with Crippen LogP contribution < -0.4 is 5.73 Å². The van der Waals surface area contributed by atoms with Crippen LogP contribution in [0.3, 0.4) is 0 Å². The van der Waals surface area contributed by atoms with E-state index in [1.807, 2.05) is 27.7 Å². The van der Waals surface area contributed by atoms with Gasteiger partial charge in [-0.1, -0.05) is 34.1 Å². The van der Waals surface area contributed by atoms with Crippen LogP contribution in [0.2, 0.25) is 0 Å². The van der Waals surface area contributed by atoms with Crippen molar-refractivity contribution in [1.29, 1.82) is 0 Å². The van der Waals surface area contributed by atoms with Crippen LogP contribution in [0.25, 0.3) is 0 Å². The monoisotopic (exact) mass is 161 g/mol. The van der Waals surface area contributed by atoms with Gasteiger partial charge in [0.2, 0.25) is 0 Å². The van der Waals surface area contributed by atoms with Gasteiger partial charge in [0.1, 0.15) is 5.67 Å². The molecule has 11 heavy (non-hydrogen) atoms. The third kappa shape index (κ3) is 2.44. The van der Waals surface area contributed by atoms with Crippen molar-refractivity contribution < 1.29 is 4.39 Å². The van der Waals surface area contributed by atoms with Crippen LogP contribution in [0, 0.1) is 5.41 Å². The van der Waals surface area contributed by atoms with Crippen molar-refractivity contribution in [2.75, 3.05) is 6.54 Å². The summed E-state index contributed by atoms with van der Waals surface area (Å²) in [6.45, 7) is 7.81. The van der Waals surface area contributed by atoms with Gasteiger partial charge in [0.25, 0.3) is 0 Å². The molecule has 1 unspecified atom stereocenters. The molecular formula is C9H20FN. The zero-order valence-corrected chi connectivity index (χ0v) is 8.08. The fourth-order valence-electron chi connectivity index (χ4n) is 1.18. The Morgan fingerprint density at radius 1 is 1.27 bits per heavy atom. The third-order valence-corrected chi connectivity index (χ3v) is 2.31. The number of alkyl halides is 1. The highest BCUT2D eigenvalue weighted by Crippen LogP contribution is 2.36. The maximum atomic E-state index is 13.9. The van der Waals surface area contributed by atoms with Crippen molar-refractivity contribution in [3.63, 3.8) is 0 Å².